The fraction of sp³-hybridized carbons (Fsp3) is 0.500. The molecule has 1 heterocycles. The number of carbonyl (C=O) groups excluding carboxylic acids is 1. The molecular formula is C10H15N3O2. The van der Waals surface area contributed by atoms with Crippen LogP contribution in [0.25, 0.3) is 0 Å². The third kappa shape index (κ3) is 3.93. The molecular weight excluding hydrogens is 194 g/mol. The van der Waals surface area contributed by atoms with Crippen molar-refractivity contribution in [1.29, 1.82) is 0 Å². The van der Waals surface area contributed by atoms with Gasteiger partial charge in [0.25, 0.3) is 0 Å². The molecule has 0 saturated carbocycles. The Labute approximate surface area is 88.9 Å². The van der Waals surface area contributed by atoms with Gasteiger partial charge in [0, 0.05) is 6.42 Å². The van der Waals surface area contributed by atoms with Gasteiger partial charge in [0.2, 0.25) is 5.91 Å². The van der Waals surface area contributed by atoms with Crippen LogP contribution >= 0.6 is 0 Å². The molecule has 0 radical (unpaired) electrons. The monoisotopic (exact) mass is 209 g/mol. The Balaban J connectivity index is 2.53. The minimum atomic E-state index is -0.0289. The zero-order chi connectivity index (χ0) is 11.3. The van der Waals surface area contributed by atoms with Gasteiger partial charge in [-0.1, -0.05) is 13.8 Å². The van der Waals surface area contributed by atoms with E-state index in [9.17, 15) is 4.79 Å². The van der Waals surface area contributed by atoms with Crippen molar-refractivity contribution in [2.24, 2.45) is 5.92 Å². The van der Waals surface area contributed by atoms with E-state index < -0.39 is 0 Å². The minimum absolute atomic E-state index is 0.0289. The summed E-state index contributed by atoms with van der Waals surface area (Å²) in [5.41, 5.74) is 0.585. The van der Waals surface area contributed by atoms with E-state index in [0.717, 1.165) is 0 Å². The molecule has 0 aliphatic carbocycles. The van der Waals surface area contributed by atoms with Crippen molar-refractivity contribution < 1.29 is 9.53 Å². The fourth-order valence-electron chi connectivity index (χ4n) is 1.07. The number of carbonyl (C=O) groups is 1. The van der Waals surface area contributed by atoms with E-state index in [2.05, 4.69) is 15.3 Å². The van der Waals surface area contributed by atoms with E-state index in [1.165, 1.54) is 19.5 Å². The van der Waals surface area contributed by atoms with Gasteiger partial charge in [0.05, 0.1) is 25.2 Å². The summed E-state index contributed by atoms with van der Waals surface area (Å²) in [6.07, 6.45) is 3.53. The maximum atomic E-state index is 11.4. The molecule has 0 aliphatic heterocycles. The van der Waals surface area contributed by atoms with Crippen LogP contribution < -0.4 is 10.1 Å². The quantitative estimate of drug-likeness (QED) is 0.815. The van der Waals surface area contributed by atoms with Crippen LogP contribution in [0.15, 0.2) is 12.4 Å². The molecule has 1 N–H and O–H groups in total. The summed E-state index contributed by atoms with van der Waals surface area (Å²) in [6.45, 7) is 3.98. The predicted octanol–water partition coefficient (Wildman–Crippen LogP) is 1.47. The van der Waals surface area contributed by atoms with Crippen LogP contribution in [0, 0.1) is 5.92 Å². The van der Waals surface area contributed by atoms with Crippen molar-refractivity contribution in [3.8, 4) is 6.01 Å². The van der Waals surface area contributed by atoms with Gasteiger partial charge in [-0.05, 0) is 5.92 Å². The highest BCUT2D eigenvalue weighted by Gasteiger charge is 2.05. The van der Waals surface area contributed by atoms with Crippen molar-refractivity contribution >= 4 is 11.6 Å². The predicted molar refractivity (Wildman–Crippen MR) is 56.7 cm³/mol. The van der Waals surface area contributed by atoms with Crippen LogP contribution in [0.3, 0.4) is 0 Å². The molecule has 5 heteroatoms. The molecule has 0 atom stereocenters. The molecule has 0 fully saturated rings. The highest BCUT2D eigenvalue weighted by Crippen LogP contribution is 2.08. The smallest absolute Gasteiger partial charge is 0.316 e. The molecule has 15 heavy (non-hydrogen) atoms. The summed E-state index contributed by atoms with van der Waals surface area (Å²) in [5.74, 6) is 0.308. The lowest BCUT2D eigenvalue weighted by Gasteiger charge is -2.06. The molecule has 5 nitrogen and oxygen atoms in total. The molecule has 0 spiro atoms. The van der Waals surface area contributed by atoms with Crippen LogP contribution in [0.1, 0.15) is 20.3 Å². The highest BCUT2D eigenvalue weighted by atomic mass is 16.5. The molecule has 0 unspecified atom stereocenters. The molecule has 1 rings (SSSR count). The normalized spacial score (nSPS) is 10.1. The molecule has 0 aromatic carbocycles. The third-order valence-electron chi connectivity index (χ3n) is 1.69. The van der Waals surface area contributed by atoms with Gasteiger partial charge in [0.15, 0.2) is 0 Å². The van der Waals surface area contributed by atoms with E-state index in [1.807, 2.05) is 13.8 Å². The maximum Gasteiger partial charge on any atom is 0.316 e. The second kappa shape index (κ2) is 5.29. The molecule has 82 valence electrons. The van der Waals surface area contributed by atoms with Gasteiger partial charge < -0.3 is 10.1 Å². The molecule has 0 saturated heterocycles. The molecule has 0 bridgehead atoms. The first-order valence-corrected chi connectivity index (χ1v) is 4.77. The van der Waals surface area contributed by atoms with Gasteiger partial charge in [0.1, 0.15) is 0 Å². The Hall–Kier alpha value is -1.65. The van der Waals surface area contributed by atoms with Crippen molar-refractivity contribution in [3.63, 3.8) is 0 Å². The fourth-order valence-corrected chi connectivity index (χ4v) is 1.07. The number of amides is 1. The van der Waals surface area contributed by atoms with Crippen LogP contribution in [0.2, 0.25) is 0 Å². The lowest BCUT2D eigenvalue weighted by atomic mass is 10.1. The van der Waals surface area contributed by atoms with Gasteiger partial charge in [-0.15, -0.1) is 0 Å². The number of aromatic nitrogens is 2. The van der Waals surface area contributed by atoms with Crippen molar-refractivity contribution in [1.82, 2.24) is 9.97 Å². The second-order valence-electron chi connectivity index (χ2n) is 3.60. The summed E-state index contributed by atoms with van der Waals surface area (Å²) >= 11 is 0. The number of hydrogen-bond donors (Lipinski definition) is 1. The average molecular weight is 209 g/mol. The summed E-state index contributed by atoms with van der Waals surface area (Å²) in [5, 5.41) is 2.71. The Morgan fingerprint density at radius 3 is 2.53 bits per heavy atom. The molecule has 1 aromatic heterocycles. The first-order valence-electron chi connectivity index (χ1n) is 4.77. The number of methoxy groups -OCH3 is 1. The van der Waals surface area contributed by atoms with Crippen LogP contribution in [-0.4, -0.2) is 23.0 Å². The lowest BCUT2D eigenvalue weighted by Crippen LogP contribution is -2.14. The zero-order valence-corrected chi connectivity index (χ0v) is 9.15. The van der Waals surface area contributed by atoms with E-state index in [-0.39, 0.29) is 11.9 Å². The number of anilines is 1. The van der Waals surface area contributed by atoms with Gasteiger partial charge >= 0.3 is 6.01 Å². The Kier molecular flexibility index (Phi) is 4.03. The number of nitrogens with zero attached hydrogens (tertiary/aromatic N) is 2. The third-order valence-corrected chi connectivity index (χ3v) is 1.69. The van der Waals surface area contributed by atoms with Crippen molar-refractivity contribution in [2.45, 2.75) is 20.3 Å². The second-order valence-corrected chi connectivity index (χ2v) is 3.60. The van der Waals surface area contributed by atoms with Crippen molar-refractivity contribution in [3.05, 3.63) is 12.4 Å². The van der Waals surface area contributed by atoms with Crippen LogP contribution in [0.5, 0.6) is 6.01 Å². The molecule has 1 aromatic rings. The van der Waals surface area contributed by atoms with Gasteiger partial charge in [-0.25, -0.2) is 9.97 Å². The summed E-state index contributed by atoms with van der Waals surface area (Å²) in [4.78, 5) is 19.1. The van der Waals surface area contributed by atoms with Gasteiger partial charge in [-0.2, -0.15) is 0 Å². The van der Waals surface area contributed by atoms with E-state index >= 15 is 0 Å². The Morgan fingerprint density at radius 1 is 1.47 bits per heavy atom. The van der Waals surface area contributed by atoms with E-state index in [4.69, 9.17) is 4.74 Å². The van der Waals surface area contributed by atoms with E-state index in [0.29, 0.717) is 18.0 Å². The molecule has 1 amide bonds. The summed E-state index contributed by atoms with van der Waals surface area (Å²) in [7, 11) is 1.49. The summed E-state index contributed by atoms with van der Waals surface area (Å²) < 4.78 is 4.80. The van der Waals surface area contributed by atoms with Crippen LogP contribution in [0.4, 0.5) is 5.69 Å². The Morgan fingerprint density at radius 2 is 2.07 bits per heavy atom. The van der Waals surface area contributed by atoms with E-state index in [1.54, 1.807) is 0 Å². The van der Waals surface area contributed by atoms with Crippen molar-refractivity contribution in [2.75, 3.05) is 12.4 Å². The Bertz CT molecular complexity index is 322. The minimum Gasteiger partial charge on any atom is -0.467 e. The number of rotatable bonds is 4. The standard InChI is InChI=1S/C10H15N3O2/c1-7(2)4-9(14)13-8-5-11-10(15-3)12-6-8/h5-7H,4H2,1-3H3,(H,13,14). The largest absolute Gasteiger partial charge is 0.467 e. The number of ether oxygens (including phenoxy) is 1. The van der Waals surface area contributed by atoms with Crippen LogP contribution in [-0.2, 0) is 4.79 Å². The lowest BCUT2D eigenvalue weighted by molar-refractivity contribution is -0.116. The first-order chi connectivity index (χ1) is 7.11. The SMILES string of the molecule is COc1ncc(NC(=O)CC(C)C)cn1. The number of nitrogens with one attached hydrogen (secondary N) is 1. The maximum absolute atomic E-state index is 11.4. The first kappa shape index (κ1) is 11.4. The van der Waals surface area contributed by atoms with Gasteiger partial charge in [-0.3, -0.25) is 4.79 Å². The average Bonchev–Trinajstić information content (AvgIpc) is 2.17. The topological polar surface area (TPSA) is 64.1 Å². The summed E-state index contributed by atoms with van der Waals surface area (Å²) in [6, 6.07) is 0.289. The highest BCUT2D eigenvalue weighted by molar-refractivity contribution is 5.90. The zero-order valence-electron chi connectivity index (χ0n) is 9.15. The molecule has 0 aliphatic rings. The number of hydrogen-bond acceptors (Lipinski definition) is 4.